The molecule has 0 saturated carbocycles. The van der Waals surface area contributed by atoms with E-state index in [1.54, 1.807) is 0 Å². The molecule has 4 heteroatoms. The fraction of sp³-hybridized carbons (Fsp3) is 0.625. The summed E-state index contributed by atoms with van der Waals surface area (Å²) in [6.07, 6.45) is 23.0. The zero-order valence-corrected chi connectivity index (χ0v) is 23.3. The first kappa shape index (κ1) is 29.9. The molecule has 0 unspecified atom stereocenters. The maximum Gasteiger partial charge on any atom is 0.252 e. The Hall–Kier alpha value is -2.36. The van der Waals surface area contributed by atoms with Crippen molar-refractivity contribution in [3.05, 3.63) is 59.4 Å². The quantitative estimate of drug-likeness (QED) is 0.149. The number of hydrogen-bond donors (Lipinski definition) is 1. The molecule has 0 bridgehead atoms. The molecule has 1 aromatic heterocycles. The normalized spacial score (nSPS) is 11.0. The van der Waals surface area contributed by atoms with Gasteiger partial charge in [-0.05, 0) is 43.5 Å². The monoisotopic (exact) mass is 495 g/mol. The molecule has 1 aromatic carbocycles. The molecule has 0 fully saturated rings. The van der Waals surface area contributed by atoms with Gasteiger partial charge < -0.3 is 10.1 Å². The van der Waals surface area contributed by atoms with E-state index in [1.807, 2.05) is 35.2 Å². The predicted molar refractivity (Wildman–Crippen MR) is 150 cm³/mol. The summed E-state index contributed by atoms with van der Waals surface area (Å²) in [4.78, 5) is 12.4. The van der Waals surface area contributed by atoms with Gasteiger partial charge in [0.15, 0.2) is 12.4 Å². The lowest BCUT2D eigenvalue weighted by Gasteiger charge is -2.11. The van der Waals surface area contributed by atoms with Crippen molar-refractivity contribution < 1.29 is 14.1 Å². The number of nitrogens with zero attached hydrogens (tertiary/aromatic N) is 1. The van der Waals surface area contributed by atoms with Crippen LogP contribution in [0.1, 0.15) is 125 Å². The smallest absolute Gasteiger partial charge is 0.252 e. The van der Waals surface area contributed by atoms with Crippen molar-refractivity contribution in [2.24, 2.45) is 0 Å². The highest BCUT2D eigenvalue weighted by atomic mass is 16.5. The molecule has 0 aliphatic rings. The van der Waals surface area contributed by atoms with Gasteiger partial charge in [-0.15, -0.1) is 0 Å². The number of pyridine rings is 1. The van der Waals surface area contributed by atoms with Gasteiger partial charge in [-0.3, -0.25) is 4.79 Å². The number of hydrogen-bond acceptors (Lipinski definition) is 2. The number of rotatable bonds is 20. The minimum atomic E-state index is -0.0456. The standard InChI is InChI=1S/C32H50N2O2/c1-4-6-7-8-9-10-11-12-13-14-15-16-17-18-25-36-31-20-19-30(28(3)26-31)27-33-32(35)29-21-23-34(5-2)24-22-29/h19-24,26H,4-18,25,27H2,1-3H3/p+1. The predicted octanol–water partition coefficient (Wildman–Crippen LogP) is 8.09. The lowest BCUT2D eigenvalue weighted by Crippen LogP contribution is -2.32. The van der Waals surface area contributed by atoms with Crippen LogP contribution in [-0.4, -0.2) is 12.5 Å². The summed E-state index contributed by atoms with van der Waals surface area (Å²) in [6, 6.07) is 9.88. The Balaban J connectivity index is 1.50. The molecule has 4 nitrogen and oxygen atoms in total. The molecule has 2 rings (SSSR count). The van der Waals surface area contributed by atoms with E-state index in [0.717, 1.165) is 36.4 Å². The summed E-state index contributed by atoms with van der Waals surface area (Å²) in [5.41, 5.74) is 2.95. The molecular weight excluding hydrogens is 444 g/mol. The van der Waals surface area contributed by atoms with Crippen LogP contribution in [0.2, 0.25) is 0 Å². The van der Waals surface area contributed by atoms with Gasteiger partial charge in [0.1, 0.15) is 12.3 Å². The van der Waals surface area contributed by atoms with Crippen molar-refractivity contribution in [1.82, 2.24) is 5.32 Å². The van der Waals surface area contributed by atoms with E-state index in [1.165, 1.54) is 83.5 Å². The Morgan fingerprint density at radius 2 is 1.33 bits per heavy atom. The molecule has 0 atom stereocenters. The van der Waals surface area contributed by atoms with Crippen LogP contribution in [-0.2, 0) is 13.1 Å². The van der Waals surface area contributed by atoms with Crippen LogP contribution in [0.25, 0.3) is 0 Å². The number of unbranched alkanes of at least 4 members (excludes halogenated alkanes) is 13. The van der Waals surface area contributed by atoms with Gasteiger partial charge in [-0.1, -0.05) is 96.5 Å². The van der Waals surface area contributed by atoms with Gasteiger partial charge in [0.2, 0.25) is 0 Å². The van der Waals surface area contributed by atoms with Gasteiger partial charge in [0, 0.05) is 18.7 Å². The van der Waals surface area contributed by atoms with Crippen molar-refractivity contribution in [3.8, 4) is 5.75 Å². The molecule has 0 saturated heterocycles. The topological polar surface area (TPSA) is 42.2 Å². The number of nitrogens with one attached hydrogen (secondary N) is 1. The van der Waals surface area contributed by atoms with Gasteiger partial charge >= 0.3 is 0 Å². The molecule has 0 aliphatic carbocycles. The van der Waals surface area contributed by atoms with Crippen molar-refractivity contribution in [2.75, 3.05) is 6.61 Å². The Morgan fingerprint density at radius 1 is 0.778 bits per heavy atom. The van der Waals surface area contributed by atoms with E-state index in [9.17, 15) is 4.79 Å². The van der Waals surface area contributed by atoms with Gasteiger partial charge in [0.25, 0.3) is 5.91 Å². The molecule has 0 aliphatic heterocycles. The molecule has 36 heavy (non-hydrogen) atoms. The largest absolute Gasteiger partial charge is 0.494 e. The summed E-state index contributed by atoms with van der Waals surface area (Å²) in [5, 5.41) is 3.02. The van der Waals surface area contributed by atoms with Gasteiger partial charge in [0.05, 0.1) is 12.2 Å². The van der Waals surface area contributed by atoms with E-state index in [-0.39, 0.29) is 5.91 Å². The number of aromatic nitrogens is 1. The van der Waals surface area contributed by atoms with E-state index in [4.69, 9.17) is 4.74 Å². The average Bonchev–Trinajstić information content (AvgIpc) is 2.90. The third kappa shape index (κ3) is 12.6. The summed E-state index contributed by atoms with van der Waals surface area (Å²) >= 11 is 0. The Bertz CT molecular complexity index is 848. The first-order valence-electron chi connectivity index (χ1n) is 14.6. The molecular formula is C32H51N2O2+. The lowest BCUT2D eigenvalue weighted by atomic mass is 10.0. The number of amides is 1. The van der Waals surface area contributed by atoms with E-state index in [2.05, 4.69) is 38.2 Å². The number of aryl methyl sites for hydroxylation is 2. The fourth-order valence-corrected chi connectivity index (χ4v) is 4.54. The summed E-state index contributed by atoms with van der Waals surface area (Å²) < 4.78 is 8.02. The minimum absolute atomic E-state index is 0.0456. The van der Waals surface area contributed by atoms with Crippen LogP contribution in [0, 0.1) is 6.92 Å². The molecule has 0 spiro atoms. The first-order chi connectivity index (χ1) is 17.6. The van der Waals surface area contributed by atoms with Crippen molar-refractivity contribution in [2.45, 2.75) is 124 Å². The number of ether oxygens (including phenoxy) is 1. The molecule has 200 valence electrons. The number of benzene rings is 1. The van der Waals surface area contributed by atoms with Crippen LogP contribution in [0.4, 0.5) is 0 Å². The molecule has 0 radical (unpaired) electrons. The highest BCUT2D eigenvalue weighted by Gasteiger charge is 2.09. The maximum absolute atomic E-state index is 12.4. The Kier molecular flexibility index (Phi) is 15.6. The summed E-state index contributed by atoms with van der Waals surface area (Å²) in [7, 11) is 0. The highest BCUT2D eigenvalue weighted by molar-refractivity contribution is 5.93. The van der Waals surface area contributed by atoms with Crippen molar-refractivity contribution in [1.29, 1.82) is 0 Å². The zero-order valence-electron chi connectivity index (χ0n) is 23.3. The second-order valence-corrected chi connectivity index (χ2v) is 10.1. The van der Waals surface area contributed by atoms with Crippen LogP contribution >= 0.6 is 0 Å². The summed E-state index contributed by atoms with van der Waals surface area (Å²) in [6.45, 7) is 8.63. The first-order valence-corrected chi connectivity index (χ1v) is 14.6. The SMILES string of the molecule is CCCCCCCCCCCCCCCCOc1ccc(CNC(=O)c2cc[n+](CC)cc2)c(C)c1. The van der Waals surface area contributed by atoms with Crippen LogP contribution < -0.4 is 14.6 Å². The molecule has 1 heterocycles. The molecule has 2 aromatic rings. The van der Waals surface area contributed by atoms with Crippen molar-refractivity contribution >= 4 is 5.91 Å². The Morgan fingerprint density at radius 3 is 1.86 bits per heavy atom. The van der Waals surface area contributed by atoms with Crippen LogP contribution in [0.5, 0.6) is 5.75 Å². The summed E-state index contributed by atoms with van der Waals surface area (Å²) in [5.74, 6) is 0.875. The van der Waals surface area contributed by atoms with Crippen LogP contribution in [0.15, 0.2) is 42.7 Å². The third-order valence-electron chi connectivity index (χ3n) is 7.04. The van der Waals surface area contributed by atoms with Gasteiger partial charge in [-0.25, -0.2) is 4.57 Å². The minimum Gasteiger partial charge on any atom is -0.494 e. The number of carbonyl (C=O) groups is 1. The second kappa shape index (κ2) is 18.8. The van der Waals surface area contributed by atoms with Gasteiger partial charge in [-0.2, -0.15) is 0 Å². The number of carbonyl (C=O) groups excluding carboxylic acids is 1. The highest BCUT2D eigenvalue weighted by Crippen LogP contribution is 2.18. The van der Waals surface area contributed by atoms with E-state index in [0.29, 0.717) is 12.1 Å². The zero-order chi connectivity index (χ0) is 25.8. The molecule has 1 N–H and O–H groups in total. The fourth-order valence-electron chi connectivity index (χ4n) is 4.54. The Labute approximate surface area is 220 Å². The van der Waals surface area contributed by atoms with E-state index >= 15 is 0 Å². The maximum atomic E-state index is 12.4. The second-order valence-electron chi connectivity index (χ2n) is 10.1. The van der Waals surface area contributed by atoms with Crippen molar-refractivity contribution in [3.63, 3.8) is 0 Å². The average molecular weight is 496 g/mol. The molecule has 1 amide bonds. The van der Waals surface area contributed by atoms with E-state index < -0.39 is 0 Å². The lowest BCUT2D eigenvalue weighted by molar-refractivity contribution is -0.693. The van der Waals surface area contributed by atoms with Crippen LogP contribution in [0.3, 0.4) is 0 Å². The third-order valence-corrected chi connectivity index (χ3v) is 7.04.